The fourth-order valence-electron chi connectivity index (χ4n) is 6.43. The van der Waals surface area contributed by atoms with Crippen LogP contribution in [0.3, 0.4) is 0 Å². The second-order valence-electron chi connectivity index (χ2n) is 10.1. The van der Waals surface area contributed by atoms with Crippen LogP contribution in [0.15, 0.2) is 30.3 Å². The Hall–Kier alpha value is -1.80. The molecule has 4 saturated carbocycles. The zero-order chi connectivity index (χ0) is 25.9. The average molecular weight is 545 g/mol. The van der Waals surface area contributed by atoms with Crippen molar-refractivity contribution in [3.05, 3.63) is 35.9 Å². The molecule has 1 N–H and O–H groups in total. The van der Waals surface area contributed by atoms with Gasteiger partial charge in [-0.2, -0.15) is 22.0 Å². The monoisotopic (exact) mass is 544 g/mol. The molecular formula is C21H25F5N2O5S2. The lowest BCUT2D eigenvalue weighted by atomic mass is 9.49. The van der Waals surface area contributed by atoms with Crippen molar-refractivity contribution in [3.63, 3.8) is 0 Å². The second-order valence-corrected chi connectivity index (χ2v) is 13.8. The Morgan fingerprint density at radius 2 is 1.37 bits per heavy atom. The summed E-state index contributed by atoms with van der Waals surface area (Å²) in [7, 11) is -13.3. The molecule has 1 aromatic rings. The van der Waals surface area contributed by atoms with Crippen LogP contribution >= 0.6 is 0 Å². The molecule has 4 aliphatic rings. The normalized spacial score (nSPS) is 28.8. The molecule has 0 aliphatic heterocycles. The Labute approximate surface area is 200 Å². The number of amides is 1. The summed E-state index contributed by atoms with van der Waals surface area (Å²) >= 11 is 0. The van der Waals surface area contributed by atoms with Crippen molar-refractivity contribution in [1.82, 2.24) is 9.03 Å². The third kappa shape index (κ3) is 5.06. The zero-order valence-electron chi connectivity index (χ0n) is 18.5. The van der Waals surface area contributed by atoms with Gasteiger partial charge in [0.05, 0.1) is 0 Å². The van der Waals surface area contributed by atoms with E-state index in [0.29, 0.717) is 47.5 Å². The number of hydrogen-bond acceptors (Lipinski definition) is 5. The molecule has 5 rings (SSSR count). The van der Waals surface area contributed by atoms with Gasteiger partial charge in [-0.05, 0) is 67.3 Å². The SMILES string of the molecule is O=C(N(Cc1ccccc1)CC12CC3CC(CC(C3)C1)C2)C(F)(F)S(=O)(=O)NS(=O)(=O)C(F)(F)F. The average Bonchev–Trinajstić information content (AvgIpc) is 2.70. The van der Waals surface area contributed by atoms with Gasteiger partial charge in [-0.3, -0.25) is 4.79 Å². The zero-order valence-corrected chi connectivity index (χ0v) is 20.1. The van der Waals surface area contributed by atoms with Crippen LogP contribution < -0.4 is 4.13 Å². The number of rotatable bonds is 8. The van der Waals surface area contributed by atoms with Crippen LogP contribution in [0, 0.1) is 23.2 Å². The van der Waals surface area contributed by atoms with Crippen LogP contribution in [0.25, 0.3) is 0 Å². The Morgan fingerprint density at radius 3 is 1.83 bits per heavy atom. The highest BCUT2D eigenvalue weighted by atomic mass is 32.3. The highest BCUT2D eigenvalue weighted by molar-refractivity contribution is 8.05. The minimum atomic E-state index is -6.69. The molecule has 4 fully saturated rings. The predicted octanol–water partition coefficient (Wildman–Crippen LogP) is 3.59. The highest BCUT2D eigenvalue weighted by Gasteiger charge is 2.61. The molecule has 0 spiro atoms. The highest BCUT2D eigenvalue weighted by Crippen LogP contribution is 2.60. The number of carbonyl (C=O) groups is 1. The van der Waals surface area contributed by atoms with E-state index in [1.165, 1.54) is 0 Å². The molecule has 4 aliphatic carbocycles. The van der Waals surface area contributed by atoms with Gasteiger partial charge in [-0.15, -0.1) is 0 Å². The van der Waals surface area contributed by atoms with Crippen LogP contribution in [0.1, 0.15) is 44.1 Å². The van der Waals surface area contributed by atoms with Crippen molar-refractivity contribution in [2.45, 2.75) is 55.8 Å². The van der Waals surface area contributed by atoms with E-state index in [1.807, 2.05) is 0 Å². The summed E-state index contributed by atoms with van der Waals surface area (Å²) in [5.41, 5.74) is -6.25. The molecule has 14 heteroatoms. The summed E-state index contributed by atoms with van der Waals surface area (Å²) in [4.78, 5) is 13.6. The van der Waals surface area contributed by atoms with Gasteiger partial charge in [-0.25, -0.2) is 16.8 Å². The van der Waals surface area contributed by atoms with Crippen LogP contribution in [0.2, 0.25) is 0 Å². The molecule has 7 nitrogen and oxygen atoms in total. The maximum atomic E-state index is 15.0. The van der Waals surface area contributed by atoms with Gasteiger partial charge in [-0.1, -0.05) is 34.5 Å². The van der Waals surface area contributed by atoms with E-state index < -0.39 is 48.7 Å². The molecule has 1 aromatic carbocycles. The van der Waals surface area contributed by atoms with E-state index in [0.717, 1.165) is 19.3 Å². The molecule has 0 atom stereocenters. The summed E-state index contributed by atoms with van der Waals surface area (Å²) in [6.07, 6.45) is 5.14. The number of benzene rings is 1. The van der Waals surface area contributed by atoms with Gasteiger partial charge in [0.15, 0.2) is 0 Å². The van der Waals surface area contributed by atoms with Gasteiger partial charge in [0.1, 0.15) is 0 Å². The molecule has 0 unspecified atom stereocenters. The molecule has 0 heterocycles. The lowest BCUT2D eigenvalue weighted by Gasteiger charge is -2.58. The number of nitrogens with zero attached hydrogens (tertiary/aromatic N) is 1. The van der Waals surface area contributed by atoms with E-state index in [2.05, 4.69) is 0 Å². The first-order chi connectivity index (χ1) is 16.0. The fraction of sp³-hybridized carbons (Fsp3) is 0.667. The number of alkyl halides is 5. The maximum absolute atomic E-state index is 15.0. The van der Waals surface area contributed by atoms with Gasteiger partial charge in [0, 0.05) is 13.1 Å². The van der Waals surface area contributed by atoms with E-state index in [1.54, 1.807) is 30.3 Å². The summed E-state index contributed by atoms with van der Waals surface area (Å²) < 4.78 is 114. The molecule has 0 aromatic heterocycles. The standard InChI is InChI=1S/C21H25F5N2O5S2/c22-20(23,34(30,31)27-35(32,33)21(24,25)26)18(29)28(12-14-4-2-1-3-5-14)13-19-9-15-6-16(10-19)8-17(7-15)11-19/h1-5,15-17,27H,6-13H2. The summed E-state index contributed by atoms with van der Waals surface area (Å²) in [5.74, 6) is -1.10. The van der Waals surface area contributed by atoms with Crippen LogP contribution in [-0.4, -0.2) is 45.0 Å². The van der Waals surface area contributed by atoms with Crippen LogP contribution in [0.5, 0.6) is 0 Å². The van der Waals surface area contributed by atoms with Crippen LogP contribution in [0.4, 0.5) is 22.0 Å². The number of hydrogen-bond donors (Lipinski definition) is 1. The van der Waals surface area contributed by atoms with Crippen molar-refractivity contribution < 1.29 is 43.6 Å². The number of sulfonamides is 2. The Bertz CT molecular complexity index is 1150. The first-order valence-electron chi connectivity index (χ1n) is 11.1. The topological polar surface area (TPSA) is 101 Å². The molecule has 1 amide bonds. The first kappa shape index (κ1) is 26.3. The quantitative estimate of drug-likeness (QED) is 0.505. The van der Waals surface area contributed by atoms with E-state index >= 15 is 0 Å². The molecular weight excluding hydrogens is 519 g/mol. The van der Waals surface area contributed by atoms with Crippen molar-refractivity contribution in [1.29, 1.82) is 0 Å². The minimum absolute atomic E-state index is 0.00609. The van der Waals surface area contributed by atoms with Crippen LogP contribution in [-0.2, 0) is 31.4 Å². The summed E-state index contributed by atoms with van der Waals surface area (Å²) in [6.45, 7) is -0.597. The number of carbonyl (C=O) groups excluding carboxylic acids is 1. The van der Waals surface area contributed by atoms with E-state index in [-0.39, 0.29) is 10.7 Å². The Kier molecular flexibility index (Phi) is 6.49. The van der Waals surface area contributed by atoms with Crippen molar-refractivity contribution in [2.75, 3.05) is 6.54 Å². The van der Waals surface area contributed by atoms with Crippen molar-refractivity contribution >= 4 is 26.0 Å². The van der Waals surface area contributed by atoms with Crippen molar-refractivity contribution in [3.8, 4) is 0 Å². The van der Waals surface area contributed by atoms with E-state index in [4.69, 9.17) is 0 Å². The van der Waals surface area contributed by atoms with E-state index in [9.17, 15) is 43.6 Å². The van der Waals surface area contributed by atoms with Gasteiger partial charge < -0.3 is 4.90 Å². The summed E-state index contributed by atoms with van der Waals surface area (Å²) in [5, 5.41) is -5.46. The number of halogens is 5. The lowest BCUT2D eigenvalue weighted by Crippen LogP contribution is -2.58. The minimum Gasteiger partial charge on any atom is -0.332 e. The third-order valence-corrected chi connectivity index (χ3v) is 10.5. The molecule has 35 heavy (non-hydrogen) atoms. The molecule has 196 valence electrons. The predicted molar refractivity (Wildman–Crippen MR) is 114 cm³/mol. The number of nitrogens with one attached hydrogen (secondary N) is 1. The Balaban J connectivity index is 1.64. The smallest absolute Gasteiger partial charge is 0.332 e. The van der Waals surface area contributed by atoms with Gasteiger partial charge in [0.2, 0.25) is 0 Å². The lowest BCUT2D eigenvalue weighted by molar-refractivity contribution is -0.153. The molecule has 4 bridgehead atoms. The maximum Gasteiger partial charge on any atom is 0.512 e. The largest absolute Gasteiger partial charge is 0.512 e. The molecule has 0 radical (unpaired) electrons. The Morgan fingerprint density at radius 1 is 0.886 bits per heavy atom. The van der Waals surface area contributed by atoms with Gasteiger partial charge in [0.25, 0.3) is 0 Å². The van der Waals surface area contributed by atoms with Crippen molar-refractivity contribution in [2.24, 2.45) is 23.2 Å². The fourth-order valence-corrected chi connectivity index (χ4v) is 8.75. The van der Waals surface area contributed by atoms with Gasteiger partial charge >= 0.3 is 36.7 Å². The summed E-state index contributed by atoms with van der Waals surface area (Å²) in [6, 6.07) is 7.92. The third-order valence-electron chi connectivity index (χ3n) is 7.31. The second kappa shape index (κ2) is 8.65. The molecule has 0 saturated heterocycles. The first-order valence-corrected chi connectivity index (χ1v) is 14.1.